The van der Waals surface area contributed by atoms with Gasteiger partial charge in [0.25, 0.3) is 0 Å². The molecule has 0 unspecified atom stereocenters. The average molecular weight is 345 g/mol. The van der Waals surface area contributed by atoms with Gasteiger partial charge in [-0.15, -0.1) is 0 Å². The van der Waals surface area contributed by atoms with Crippen LogP contribution in [0.15, 0.2) is 34.8 Å². The minimum Gasteiger partial charge on any atom is -0.294 e. The molecule has 0 spiro atoms. The summed E-state index contributed by atoms with van der Waals surface area (Å²) >= 11 is 3.44. The summed E-state index contributed by atoms with van der Waals surface area (Å²) in [6.45, 7) is 0. The van der Waals surface area contributed by atoms with Crippen molar-refractivity contribution in [3.63, 3.8) is 0 Å². The first-order valence-electron chi connectivity index (χ1n) is 8.11. The zero-order valence-electron chi connectivity index (χ0n) is 12.2. The molecule has 1 aromatic rings. The fourth-order valence-corrected chi connectivity index (χ4v) is 5.60. The molecule has 4 bridgehead atoms. The maximum absolute atomic E-state index is 12.8. The fourth-order valence-electron chi connectivity index (χ4n) is 5.34. The normalized spacial score (nSPS) is 37.3. The predicted octanol–water partition coefficient (Wildman–Crippen LogP) is 5.25. The van der Waals surface area contributed by atoms with Gasteiger partial charge >= 0.3 is 0 Å². The smallest absolute Gasteiger partial charge is 0.161 e. The maximum Gasteiger partial charge on any atom is 0.161 e. The molecule has 0 N–H and O–H groups in total. The quantitative estimate of drug-likeness (QED) is 0.684. The lowest BCUT2D eigenvalue weighted by Crippen LogP contribution is -2.49. The van der Waals surface area contributed by atoms with E-state index in [-0.39, 0.29) is 5.41 Å². The Morgan fingerprint density at radius 1 is 1.00 bits per heavy atom. The van der Waals surface area contributed by atoms with Crippen LogP contribution in [0.1, 0.15) is 44.1 Å². The number of allylic oxidation sites excluding steroid dienone is 1. The van der Waals surface area contributed by atoms with E-state index >= 15 is 0 Å². The van der Waals surface area contributed by atoms with Crippen LogP contribution in [0, 0.1) is 23.2 Å². The van der Waals surface area contributed by atoms with Crippen LogP contribution in [-0.2, 0) is 4.79 Å². The molecule has 4 aliphatic carbocycles. The lowest BCUT2D eigenvalue weighted by atomic mass is 9.48. The number of carbonyl (C=O) groups is 1. The van der Waals surface area contributed by atoms with Crippen LogP contribution >= 0.6 is 15.9 Å². The van der Waals surface area contributed by atoms with E-state index in [1.165, 1.54) is 19.3 Å². The second kappa shape index (κ2) is 5.08. The second-order valence-electron chi connectivity index (χ2n) is 7.45. The third-order valence-electron chi connectivity index (χ3n) is 5.86. The molecule has 0 heterocycles. The molecule has 5 rings (SSSR count). The first-order chi connectivity index (χ1) is 10.1. The van der Waals surface area contributed by atoms with Gasteiger partial charge in [0.1, 0.15) is 0 Å². The van der Waals surface area contributed by atoms with Crippen molar-refractivity contribution in [3.8, 4) is 0 Å². The van der Waals surface area contributed by atoms with Crippen molar-refractivity contribution < 1.29 is 4.79 Å². The Hall–Kier alpha value is -0.890. The topological polar surface area (TPSA) is 17.1 Å². The minimum absolute atomic E-state index is 0.000609. The maximum atomic E-state index is 12.8. The van der Waals surface area contributed by atoms with Gasteiger partial charge in [-0.1, -0.05) is 34.1 Å². The highest BCUT2D eigenvalue weighted by Crippen LogP contribution is 2.60. The molecule has 4 aliphatic rings. The van der Waals surface area contributed by atoms with Gasteiger partial charge in [-0.3, -0.25) is 4.79 Å². The van der Waals surface area contributed by atoms with Gasteiger partial charge in [-0.25, -0.2) is 0 Å². The van der Waals surface area contributed by atoms with Crippen LogP contribution < -0.4 is 0 Å². The van der Waals surface area contributed by atoms with E-state index in [0.717, 1.165) is 47.1 Å². The standard InChI is InChI=1S/C19H21BrO/c20-17-4-1-13(2-5-17)3-6-18(21)19-10-14-7-15(11-19)9-16(8-14)12-19/h1-6,14-16H,7-12H2/b6-3+. The summed E-state index contributed by atoms with van der Waals surface area (Å²) < 4.78 is 1.08. The fraction of sp³-hybridized carbons (Fsp3) is 0.526. The largest absolute Gasteiger partial charge is 0.294 e. The highest BCUT2D eigenvalue weighted by Gasteiger charge is 2.53. The van der Waals surface area contributed by atoms with E-state index in [0.29, 0.717) is 5.78 Å². The van der Waals surface area contributed by atoms with Gasteiger partial charge in [-0.2, -0.15) is 0 Å². The summed E-state index contributed by atoms with van der Waals surface area (Å²) in [7, 11) is 0. The van der Waals surface area contributed by atoms with Crippen molar-refractivity contribution in [3.05, 3.63) is 40.4 Å². The molecular weight excluding hydrogens is 324 g/mol. The van der Waals surface area contributed by atoms with Gasteiger partial charge in [0, 0.05) is 9.89 Å². The van der Waals surface area contributed by atoms with Gasteiger partial charge in [0.15, 0.2) is 5.78 Å². The van der Waals surface area contributed by atoms with E-state index in [2.05, 4.69) is 15.9 Å². The van der Waals surface area contributed by atoms with E-state index < -0.39 is 0 Å². The third-order valence-corrected chi connectivity index (χ3v) is 6.39. The van der Waals surface area contributed by atoms with Crippen LogP contribution in [0.25, 0.3) is 6.08 Å². The van der Waals surface area contributed by atoms with Crippen molar-refractivity contribution in [1.82, 2.24) is 0 Å². The Balaban J connectivity index is 1.53. The van der Waals surface area contributed by atoms with Gasteiger partial charge in [0.05, 0.1) is 0 Å². The Bertz CT molecular complexity index is 549. The van der Waals surface area contributed by atoms with E-state index in [9.17, 15) is 4.79 Å². The number of benzene rings is 1. The number of carbonyl (C=O) groups excluding carboxylic acids is 1. The highest BCUT2D eigenvalue weighted by molar-refractivity contribution is 9.10. The van der Waals surface area contributed by atoms with Crippen molar-refractivity contribution in [2.75, 3.05) is 0 Å². The molecule has 1 nitrogen and oxygen atoms in total. The molecule has 1 aromatic carbocycles. The molecular formula is C19H21BrO. The third kappa shape index (κ3) is 2.52. The summed E-state index contributed by atoms with van der Waals surface area (Å²) in [5.41, 5.74) is 1.11. The lowest BCUT2D eigenvalue weighted by molar-refractivity contribution is -0.138. The second-order valence-corrected chi connectivity index (χ2v) is 8.36. The number of rotatable bonds is 3. The van der Waals surface area contributed by atoms with Gasteiger partial charge in [0.2, 0.25) is 0 Å². The average Bonchev–Trinajstić information content (AvgIpc) is 2.45. The number of hydrogen-bond acceptors (Lipinski definition) is 1. The Kier molecular flexibility index (Phi) is 3.33. The molecule has 0 amide bonds. The van der Waals surface area contributed by atoms with Crippen molar-refractivity contribution in [2.45, 2.75) is 38.5 Å². The van der Waals surface area contributed by atoms with E-state index in [1.807, 2.05) is 36.4 Å². The molecule has 2 heteroatoms. The number of hydrogen-bond donors (Lipinski definition) is 0. The van der Waals surface area contributed by atoms with Gasteiger partial charge in [-0.05, 0) is 80.1 Å². The molecule has 0 aromatic heterocycles. The molecule has 4 fully saturated rings. The predicted molar refractivity (Wildman–Crippen MR) is 88.8 cm³/mol. The highest BCUT2D eigenvalue weighted by atomic mass is 79.9. The molecule has 0 aliphatic heterocycles. The monoisotopic (exact) mass is 344 g/mol. The minimum atomic E-state index is 0.000609. The molecule has 0 saturated heterocycles. The van der Waals surface area contributed by atoms with Crippen molar-refractivity contribution in [2.24, 2.45) is 23.2 Å². The summed E-state index contributed by atoms with van der Waals surface area (Å²) in [5.74, 6) is 2.90. The van der Waals surface area contributed by atoms with Crippen molar-refractivity contribution in [1.29, 1.82) is 0 Å². The Morgan fingerprint density at radius 3 is 2.05 bits per heavy atom. The number of halogens is 1. The molecule has 4 saturated carbocycles. The van der Waals surface area contributed by atoms with Crippen LogP contribution in [0.2, 0.25) is 0 Å². The first-order valence-corrected chi connectivity index (χ1v) is 8.90. The van der Waals surface area contributed by atoms with Crippen LogP contribution in [0.3, 0.4) is 0 Å². The molecule has 0 atom stereocenters. The van der Waals surface area contributed by atoms with E-state index in [4.69, 9.17) is 0 Å². The summed E-state index contributed by atoms with van der Waals surface area (Å²) in [5, 5.41) is 0. The Morgan fingerprint density at radius 2 is 1.52 bits per heavy atom. The van der Waals surface area contributed by atoms with Gasteiger partial charge < -0.3 is 0 Å². The number of ketones is 1. The first kappa shape index (κ1) is 13.8. The van der Waals surface area contributed by atoms with Crippen LogP contribution in [0.5, 0.6) is 0 Å². The zero-order valence-corrected chi connectivity index (χ0v) is 13.8. The Labute approximate surface area is 134 Å². The van der Waals surface area contributed by atoms with Crippen LogP contribution in [0.4, 0.5) is 0 Å². The van der Waals surface area contributed by atoms with Crippen molar-refractivity contribution >= 4 is 27.8 Å². The summed E-state index contributed by atoms with van der Waals surface area (Å²) in [6.07, 6.45) is 11.5. The molecule has 21 heavy (non-hydrogen) atoms. The molecule has 0 radical (unpaired) electrons. The zero-order chi connectivity index (χ0) is 14.4. The molecule has 110 valence electrons. The van der Waals surface area contributed by atoms with Crippen LogP contribution in [-0.4, -0.2) is 5.78 Å². The lowest BCUT2D eigenvalue weighted by Gasteiger charge is -2.55. The SMILES string of the molecule is O=C(/C=C/c1ccc(Br)cc1)C12CC3CC(CC(C3)C1)C2. The summed E-state index contributed by atoms with van der Waals surface area (Å²) in [6, 6.07) is 8.14. The summed E-state index contributed by atoms with van der Waals surface area (Å²) in [4.78, 5) is 12.8. The van der Waals surface area contributed by atoms with E-state index in [1.54, 1.807) is 0 Å².